The lowest BCUT2D eigenvalue weighted by molar-refractivity contribution is 0.184. The average molecular weight is 377 g/mol. The maximum absolute atomic E-state index is 12.3. The minimum Gasteiger partial charge on any atom is -0.465 e. The third-order valence-corrected chi connectivity index (χ3v) is 6.04. The zero-order valence-electron chi connectivity index (χ0n) is 11.3. The second-order valence-corrected chi connectivity index (χ2v) is 7.59. The van der Waals surface area contributed by atoms with E-state index in [0.29, 0.717) is 30.2 Å². The number of benzene rings is 1. The summed E-state index contributed by atoms with van der Waals surface area (Å²) < 4.78 is 27.9. The van der Waals surface area contributed by atoms with E-state index in [0.717, 1.165) is 0 Å². The van der Waals surface area contributed by atoms with Crippen molar-refractivity contribution in [2.75, 3.05) is 0 Å². The highest BCUT2D eigenvalue weighted by Crippen LogP contribution is 2.24. The lowest BCUT2D eigenvalue weighted by Crippen LogP contribution is -2.43. The number of hydrogen-bond donors (Lipinski definition) is 3. The topological polar surface area (TPSA) is 95.5 Å². The van der Waals surface area contributed by atoms with Crippen molar-refractivity contribution in [3.63, 3.8) is 0 Å². The van der Waals surface area contributed by atoms with Crippen LogP contribution in [-0.2, 0) is 10.0 Å². The van der Waals surface area contributed by atoms with E-state index in [9.17, 15) is 13.2 Å². The summed E-state index contributed by atoms with van der Waals surface area (Å²) in [6.07, 6.45) is 1.47. The number of nitrogens with one attached hydrogen (secondary N) is 2. The van der Waals surface area contributed by atoms with Crippen molar-refractivity contribution >= 4 is 32.0 Å². The van der Waals surface area contributed by atoms with Crippen molar-refractivity contribution < 1.29 is 18.3 Å². The zero-order chi connectivity index (χ0) is 15.5. The van der Waals surface area contributed by atoms with Gasteiger partial charge in [0.25, 0.3) is 0 Å². The van der Waals surface area contributed by atoms with Gasteiger partial charge in [0.15, 0.2) is 0 Å². The van der Waals surface area contributed by atoms with Crippen LogP contribution in [0.3, 0.4) is 0 Å². The van der Waals surface area contributed by atoms with Crippen LogP contribution in [0, 0.1) is 0 Å². The highest BCUT2D eigenvalue weighted by Gasteiger charge is 2.27. The lowest BCUT2D eigenvalue weighted by Gasteiger charge is -2.28. The van der Waals surface area contributed by atoms with E-state index in [1.807, 2.05) is 0 Å². The molecule has 1 saturated carbocycles. The Morgan fingerprint density at radius 1 is 1.14 bits per heavy atom. The van der Waals surface area contributed by atoms with Crippen molar-refractivity contribution in [1.82, 2.24) is 10.0 Å². The summed E-state index contributed by atoms with van der Waals surface area (Å²) in [4.78, 5) is 10.8. The fourth-order valence-corrected chi connectivity index (χ4v) is 4.78. The van der Waals surface area contributed by atoms with Crippen molar-refractivity contribution in [2.45, 2.75) is 42.7 Å². The molecule has 116 valence electrons. The summed E-state index contributed by atoms with van der Waals surface area (Å²) in [5, 5.41) is 11.1. The van der Waals surface area contributed by atoms with Crippen LogP contribution in [0.25, 0.3) is 0 Å². The number of halogens is 1. The Morgan fingerprint density at radius 3 is 2.29 bits per heavy atom. The molecule has 0 bridgehead atoms. The molecule has 0 aliphatic heterocycles. The summed E-state index contributed by atoms with van der Waals surface area (Å²) in [5.74, 6) is 0. The molecule has 0 heterocycles. The number of hydrogen-bond acceptors (Lipinski definition) is 3. The summed E-state index contributed by atoms with van der Waals surface area (Å²) in [7, 11) is -3.56. The number of carbonyl (C=O) groups is 1. The highest BCUT2D eigenvalue weighted by molar-refractivity contribution is 9.10. The second kappa shape index (κ2) is 6.76. The Bertz CT molecular complexity index is 612. The van der Waals surface area contributed by atoms with Gasteiger partial charge in [0.05, 0.1) is 4.90 Å². The van der Waals surface area contributed by atoms with Gasteiger partial charge in [0.1, 0.15) is 0 Å². The van der Waals surface area contributed by atoms with Gasteiger partial charge >= 0.3 is 6.09 Å². The smallest absolute Gasteiger partial charge is 0.404 e. The molecule has 21 heavy (non-hydrogen) atoms. The van der Waals surface area contributed by atoms with Gasteiger partial charge in [-0.15, -0.1) is 0 Å². The van der Waals surface area contributed by atoms with E-state index < -0.39 is 16.1 Å². The van der Waals surface area contributed by atoms with Crippen LogP contribution in [0.1, 0.15) is 25.7 Å². The Kier molecular flexibility index (Phi) is 5.23. The summed E-state index contributed by atoms with van der Waals surface area (Å²) >= 11 is 3.24. The molecule has 0 aromatic heterocycles. The van der Waals surface area contributed by atoms with Crippen LogP contribution in [0.15, 0.2) is 33.6 Å². The van der Waals surface area contributed by atoms with Gasteiger partial charge < -0.3 is 10.4 Å². The predicted octanol–water partition coefficient (Wildman–Crippen LogP) is 2.31. The third kappa shape index (κ3) is 4.42. The monoisotopic (exact) mass is 376 g/mol. The van der Waals surface area contributed by atoms with Gasteiger partial charge in [-0.25, -0.2) is 17.9 Å². The molecule has 0 unspecified atom stereocenters. The van der Waals surface area contributed by atoms with E-state index in [-0.39, 0.29) is 17.0 Å². The summed E-state index contributed by atoms with van der Waals surface area (Å²) in [5.41, 5.74) is 0. The number of carboxylic acid groups (broad SMARTS) is 1. The van der Waals surface area contributed by atoms with Crippen LogP contribution in [0.5, 0.6) is 0 Å². The van der Waals surface area contributed by atoms with Gasteiger partial charge in [0.2, 0.25) is 10.0 Å². The quantitative estimate of drug-likeness (QED) is 0.750. The molecule has 1 fully saturated rings. The predicted molar refractivity (Wildman–Crippen MR) is 81.7 cm³/mol. The first-order valence-corrected chi connectivity index (χ1v) is 8.92. The van der Waals surface area contributed by atoms with Crippen LogP contribution >= 0.6 is 15.9 Å². The van der Waals surface area contributed by atoms with Gasteiger partial charge in [0, 0.05) is 16.6 Å². The Balaban J connectivity index is 1.97. The first-order valence-electron chi connectivity index (χ1n) is 6.65. The number of rotatable bonds is 4. The van der Waals surface area contributed by atoms with E-state index in [1.54, 1.807) is 24.3 Å². The fraction of sp³-hybridized carbons (Fsp3) is 0.462. The molecule has 1 aliphatic rings. The molecular formula is C13H17BrN2O4S. The first-order chi connectivity index (χ1) is 9.88. The zero-order valence-corrected chi connectivity index (χ0v) is 13.7. The van der Waals surface area contributed by atoms with Gasteiger partial charge in [-0.3, -0.25) is 0 Å². The third-order valence-electron chi connectivity index (χ3n) is 3.50. The maximum Gasteiger partial charge on any atom is 0.404 e. The highest BCUT2D eigenvalue weighted by atomic mass is 79.9. The standard InChI is InChI=1S/C13H17BrN2O4S/c14-11-3-1-2-4-12(11)21(19,20)16-10-7-5-9(6-8-10)15-13(17)18/h1-4,9-10,15-16H,5-8H2,(H,17,18)/t9-,10+. The molecule has 8 heteroatoms. The SMILES string of the molecule is O=C(O)N[C@H]1CC[C@@H](NS(=O)(=O)c2ccccc2Br)CC1. The lowest BCUT2D eigenvalue weighted by atomic mass is 9.92. The second-order valence-electron chi connectivity index (χ2n) is 5.05. The molecule has 1 aromatic rings. The van der Waals surface area contributed by atoms with Crippen LogP contribution < -0.4 is 10.0 Å². The largest absolute Gasteiger partial charge is 0.465 e. The molecule has 0 atom stereocenters. The van der Waals surface area contributed by atoms with Crippen LogP contribution in [-0.4, -0.2) is 31.7 Å². The average Bonchev–Trinajstić information content (AvgIpc) is 2.40. The van der Waals surface area contributed by atoms with Crippen molar-refractivity contribution in [2.24, 2.45) is 0 Å². The maximum atomic E-state index is 12.3. The molecule has 3 N–H and O–H groups in total. The summed E-state index contributed by atoms with van der Waals surface area (Å²) in [6, 6.07) is 6.41. The Morgan fingerprint density at radius 2 is 1.71 bits per heavy atom. The van der Waals surface area contributed by atoms with Crippen LogP contribution in [0.2, 0.25) is 0 Å². The van der Waals surface area contributed by atoms with Crippen molar-refractivity contribution in [3.05, 3.63) is 28.7 Å². The van der Waals surface area contributed by atoms with Gasteiger partial charge in [-0.2, -0.15) is 0 Å². The van der Waals surface area contributed by atoms with Gasteiger partial charge in [-0.1, -0.05) is 12.1 Å². The summed E-state index contributed by atoms with van der Waals surface area (Å²) in [6.45, 7) is 0. The van der Waals surface area contributed by atoms with E-state index >= 15 is 0 Å². The molecule has 0 spiro atoms. The molecule has 1 amide bonds. The van der Waals surface area contributed by atoms with E-state index in [1.165, 1.54) is 0 Å². The van der Waals surface area contributed by atoms with Gasteiger partial charge in [-0.05, 0) is 53.7 Å². The Labute approximate surface area is 132 Å². The minimum absolute atomic E-state index is 0.0910. The number of sulfonamides is 1. The van der Waals surface area contributed by atoms with Crippen molar-refractivity contribution in [1.29, 1.82) is 0 Å². The molecule has 0 radical (unpaired) electrons. The molecular weight excluding hydrogens is 360 g/mol. The van der Waals surface area contributed by atoms with Crippen molar-refractivity contribution in [3.8, 4) is 0 Å². The molecule has 1 aromatic carbocycles. The van der Waals surface area contributed by atoms with E-state index in [2.05, 4.69) is 26.0 Å². The number of amides is 1. The molecule has 0 saturated heterocycles. The van der Waals surface area contributed by atoms with E-state index in [4.69, 9.17) is 5.11 Å². The first kappa shape index (κ1) is 16.3. The Hall–Kier alpha value is -1.12. The molecule has 2 rings (SSSR count). The molecule has 1 aliphatic carbocycles. The normalized spacial score (nSPS) is 22.7. The minimum atomic E-state index is -3.56. The fourth-order valence-electron chi connectivity index (χ4n) is 2.48. The molecule has 6 nitrogen and oxygen atoms in total. The van der Waals surface area contributed by atoms with Crippen LogP contribution in [0.4, 0.5) is 4.79 Å².